The predicted molar refractivity (Wildman–Crippen MR) is 463 cm³/mol. The molecule has 3 saturated heterocycles. The molecule has 0 aliphatic carbocycles. The molecular weight excluding hydrogens is 1690 g/mol. The first-order chi connectivity index (χ1) is 58.2. The van der Waals surface area contributed by atoms with Gasteiger partial charge in [0.05, 0.1) is 83.1 Å². The van der Waals surface area contributed by atoms with Crippen molar-refractivity contribution in [2.75, 3.05) is 113 Å². The van der Waals surface area contributed by atoms with Crippen LogP contribution in [0.2, 0.25) is 30.1 Å². The Hall–Kier alpha value is -11.7. The lowest BCUT2D eigenvalue weighted by atomic mass is 10.0. The number of carbonyl (C=O) groups is 6. The summed E-state index contributed by atoms with van der Waals surface area (Å²) in [5.41, 5.74) is 4.33. The fraction of sp³-hybridized carbons (Fsp3) is 0.233. The lowest BCUT2D eigenvalue weighted by molar-refractivity contribution is 0.0514. The van der Waals surface area contributed by atoms with Crippen LogP contribution in [0.25, 0.3) is 32.7 Å². The lowest BCUT2D eigenvalue weighted by Crippen LogP contribution is -2.49. The average molecular weight is 1770 g/mol. The molecule has 0 atom stereocenters. The van der Waals surface area contributed by atoms with E-state index in [4.69, 9.17) is 83.8 Å². The highest BCUT2D eigenvalue weighted by Gasteiger charge is 2.36. The monoisotopic (exact) mass is 1760 g/mol. The van der Waals surface area contributed by atoms with E-state index in [1.807, 2.05) is 14.7 Å². The molecule has 3 amide bonds. The Morgan fingerprint density at radius 2 is 0.562 bits per heavy atom. The van der Waals surface area contributed by atoms with Crippen LogP contribution in [-0.4, -0.2) is 162 Å². The number of ether oxygens (including phenoxy) is 3. The molecule has 0 N–H and O–H groups in total. The fourth-order valence-electron chi connectivity index (χ4n) is 14.9. The number of hydrogen-bond acceptors (Lipinski definition) is 15. The topological polar surface area (TPSA) is 216 Å². The van der Waals surface area contributed by atoms with Crippen LogP contribution in [-0.2, 0) is 33.8 Å². The largest absolute Gasteiger partial charge is 0.462 e. The number of amides is 3. The van der Waals surface area contributed by atoms with E-state index in [0.717, 1.165) is 0 Å². The molecule has 3 aromatic heterocycles. The highest BCUT2D eigenvalue weighted by atomic mass is 35.5. The van der Waals surface area contributed by atoms with Gasteiger partial charge in [0.1, 0.15) is 40.0 Å². The van der Waals surface area contributed by atoms with E-state index in [-0.39, 0.29) is 79.7 Å². The molecule has 624 valence electrons. The SMILES string of the molecule is CCOC(=O)c1c(N2CCN(C(=O)c3ccc(Cl)c(Cl)c3)CC2)c2cc(Cl)ccc2n(Cc2ccc(F)cc2)c1=O.CCOC(=O)c1c(N2CCN(C(=O)c3ccc(Cl)cc3)CC2)c2cc(Cl)ccc2n(Cc2ccc(F)cc2)c1=O.CCOC(=O)c1c(N2CCN(C(=O)c3ccc(F)cc3)CC2)c2cc(Cl)ccc2n(Cc2ccc(F)cc2)c1=O. The Bertz CT molecular complexity index is 5900. The first kappa shape index (κ1) is 87.1. The average Bonchev–Trinajstić information content (AvgIpc) is 0.750. The number of hydrogen-bond donors (Lipinski definition) is 0. The van der Waals surface area contributed by atoms with E-state index in [2.05, 4.69) is 0 Å². The molecule has 9 aromatic carbocycles. The third-order valence-corrected chi connectivity index (χ3v) is 22.5. The minimum absolute atomic E-state index is 0.0726. The van der Waals surface area contributed by atoms with Crippen LogP contribution in [0, 0.1) is 23.3 Å². The van der Waals surface area contributed by atoms with Crippen molar-refractivity contribution in [3.8, 4) is 0 Å². The number of halogens is 10. The van der Waals surface area contributed by atoms with Gasteiger partial charge in [-0.3, -0.25) is 28.8 Å². The van der Waals surface area contributed by atoms with Crippen LogP contribution >= 0.6 is 69.6 Å². The number of piperazine rings is 3. The molecule has 0 radical (unpaired) electrons. The van der Waals surface area contributed by atoms with E-state index in [9.17, 15) is 60.7 Å². The van der Waals surface area contributed by atoms with Gasteiger partial charge in [-0.05, 0) is 195 Å². The molecule has 0 saturated carbocycles. The van der Waals surface area contributed by atoms with Crippen molar-refractivity contribution in [3.05, 3.63) is 329 Å². The van der Waals surface area contributed by atoms with Crippen LogP contribution in [0.4, 0.5) is 34.6 Å². The quantitative estimate of drug-likeness (QED) is 0.0443. The third kappa shape index (κ3) is 19.7. The van der Waals surface area contributed by atoms with Gasteiger partial charge >= 0.3 is 17.9 Å². The van der Waals surface area contributed by atoms with Gasteiger partial charge in [-0.15, -0.1) is 0 Å². The molecule has 31 heteroatoms. The van der Waals surface area contributed by atoms with Crippen molar-refractivity contribution in [2.45, 2.75) is 40.4 Å². The van der Waals surface area contributed by atoms with E-state index in [0.29, 0.717) is 192 Å². The maximum absolute atomic E-state index is 14.0. The molecule has 3 fully saturated rings. The minimum Gasteiger partial charge on any atom is -0.462 e. The van der Waals surface area contributed by atoms with E-state index in [1.165, 1.54) is 80.4 Å². The van der Waals surface area contributed by atoms with Crippen molar-refractivity contribution >= 4 is 155 Å². The Kier molecular flexibility index (Phi) is 27.9. The first-order valence-electron chi connectivity index (χ1n) is 38.6. The molecule has 21 nitrogen and oxygen atoms in total. The number of pyridine rings is 3. The Morgan fingerprint density at radius 1 is 0.306 bits per heavy atom. The number of anilines is 3. The summed E-state index contributed by atoms with van der Waals surface area (Å²) >= 11 is 37.3. The summed E-state index contributed by atoms with van der Waals surface area (Å²) in [7, 11) is 0. The summed E-state index contributed by atoms with van der Waals surface area (Å²) in [6.45, 7) is 9.77. The second-order valence-corrected chi connectivity index (χ2v) is 30.9. The van der Waals surface area contributed by atoms with Gasteiger partial charge in [0.15, 0.2) is 0 Å². The number of benzene rings is 9. The number of carbonyl (C=O) groups excluding carboxylic acids is 6. The standard InChI is InChI=1S/C30H25Cl3FN3O4.C30H26Cl2FN3O4.C30H26ClF2N3O4/c1-2-41-30(40)26-27(35-11-13-36(14-12-35)28(38)19-5-9-23(32)24(33)15-19)22-16-20(31)6-10-25(22)37(29(26)39)17-18-3-7-21(34)8-4-18;1-2-40-30(39)26-27(34-13-15-35(16-14-34)28(37)20-5-7-21(31)8-6-20)24-17-22(32)9-12-25(24)36(29(26)38)18-19-3-10-23(33)11-4-19;1-2-40-30(39)26-27(34-13-15-35(16-14-34)28(37)20-5-10-23(33)11-6-20)24-17-21(31)7-12-25(24)36(29(26)38)18-19-3-8-22(32)9-4-19/h3-10,15-16H,2,11-14,17H2,1H3;2*3-12,17H,2,13-16,18H2,1H3. The Balaban J connectivity index is 0.000000157. The summed E-state index contributed by atoms with van der Waals surface area (Å²) in [4.78, 5) is 132. The summed E-state index contributed by atoms with van der Waals surface area (Å²) < 4.78 is 74.3. The first-order valence-corrected chi connectivity index (χ1v) is 40.9. The number of aromatic nitrogens is 3. The van der Waals surface area contributed by atoms with Gasteiger partial charge < -0.3 is 57.3 Å². The van der Waals surface area contributed by atoms with Crippen LogP contribution in [0.3, 0.4) is 0 Å². The zero-order chi connectivity index (χ0) is 86.0. The van der Waals surface area contributed by atoms with Gasteiger partial charge in [0.2, 0.25) is 0 Å². The van der Waals surface area contributed by atoms with Crippen molar-refractivity contribution < 1.29 is 60.5 Å². The van der Waals surface area contributed by atoms with Crippen LogP contribution in [0.1, 0.15) is 99.6 Å². The smallest absolute Gasteiger partial charge is 0.345 e. The molecule has 15 rings (SSSR count). The molecule has 0 spiro atoms. The van der Waals surface area contributed by atoms with Gasteiger partial charge in [0, 0.05) is 131 Å². The normalized spacial score (nSPS) is 13.5. The van der Waals surface area contributed by atoms with Crippen LogP contribution in [0.15, 0.2) is 209 Å². The summed E-state index contributed by atoms with van der Waals surface area (Å²) in [5, 5.41) is 4.25. The summed E-state index contributed by atoms with van der Waals surface area (Å²) in [5.74, 6) is -4.40. The van der Waals surface area contributed by atoms with Gasteiger partial charge in [-0.1, -0.05) is 106 Å². The highest BCUT2D eigenvalue weighted by molar-refractivity contribution is 6.42. The third-order valence-electron chi connectivity index (χ3n) is 20.8. The van der Waals surface area contributed by atoms with Crippen molar-refractivity contribution in [2.24, 2.45) is 0 Å². The Labute approximate surface area is 721 Å². The highest BCUT2D eigenvalue weighted by Crippen LogP contribution is 2.38. The zero-order valence-corrected chi connectivity index (χ0v) is 69.9. The van der Waals surface area contributed by atoms with E-state index in [1.54, 1.807) is 163 Å². The van der Waals surface area contributed by atoms with Crippen LogP contribution in [0.5, 0.6) is 0 Å². The molecule has 3 aliphatic heterocycles. The van der Waals surface area contributed by atoms with Crippen molar-refractivity contribution in [3.63, 3.8) is 0 Å². The lowest BCUT2D eigenvalue weighted by Gasteiger charge is -2.37. The number of fused-ring (bicyclic) bond motifs is 3. The zero-order valence-electron chi connectivity index (χ0n) is 65.4. The fourth-order valence-corrected chi connectivity index (χ4v) is 15.9. The van der Waals surface area contributed by atoms with Gasteiger partial charge in [-0.25, -0.2) is 31.9 Å². The maximum Gasteiger partial charge on any atom is 0.345 e. The second-order valence-electron chi connectivity index (χ2n) is 28.4. The van der Waals surface area contributed by atoms with Crippen molar-refractivity contribution in [1.82, 2.24) is 28.4 Å². The van der Waals surface area contributed by atoms with E-state index < -0.39 is 52.0 Å². The van der Waals surface area contributed by atoms with Gasteiger partial charge in [-0.2, -0.15) is 0 Å². The number of rotatable bonds is 18. The summed E-state index contributed by atoms with van der Waals surface area (Å²) in [6.07, 6.45) is 0. The number of nitrogens with zero attached hydrogens (tertiary/aromatic N) is 9. The molecule has 6 heterocycles. The molecule has 3 aliphatic rings. The molecule has 12 aromatic rings. The van der Waals surface area contributed by atoms with Crippen molar-refractivity contribution in [1.29, 1.82) is 0 Å². The summed E-state index contributed by atoms with van der Waals surface area (Å²) in [6, 6.07) is 49.6. The molecule has 121 heavy (non-hydrogen) atoms. The Morgan fingerprint density at radius 3 is 0.843 bits per heavy atom. The second kappa shape index (κ2) is 38.8. The van der Waals surface area contributed by atoms with E-state index >= 15 is 0 Å². The molecular formula is C90H77Cl6F4N9O12. The maximum atomic E-state index is 14.0. The predicted octanol–water partition coefficient (Wildman–Crippen LogP) is 17.0. The minimum atomic E-state index is -0.762. The van der Waals surface area contributed by atoms with Crippen LogP contribution < -0.4 is 31.4 Å². The number of esters is 3. The molecule has 0 unspecified atom stereocenters. The molecule has 0 bridgehead atoms. The van der Waals surface area contributed by atoms with Gasteiger partial charge in [0.25, 0.3) is 34.4 Å².